The molecule has 2 N–H and O–H groups in total. The summed E-state index contributed by atoms with van der Waals surface area (Å²) >= 11 is 0. The maximum Gasteiger partial charge on any atom is 0.122 e. The van der Waals surface area contributed by atoms with Crippen molar-refractivity contribution in [3.05, 3.63) is 23.8 Å². The van der Waals surface area contributed by atoms with Crippen LogP contribution in [0.4, 0.5) is 0 Å². The van der Waals surface area contributed by atoms with Crippen LogP contribution in [-0.4, -0.2) is 14.2 Å². The Morgan fingerprint density at radius 2 is 1.79 bits per heavy atom. The highest BCUT2D eigenvalue weighted by Gasteiger charge is 2.38. The summed E-state index contributed by atoms with van der Waals surface area (Å²) in [7, 11) is 3.36. The van der Waals surface area contributed by atoms with E-state index in [0.29, 0.717) is 5.92 Å². The van der Waals surface area contributed by atoms with Gasteiger partial charge in [0.15, 0.2) is 0 Å². The van der Waals surface area contributed by atoms with E-state index >= 15 is 0 Å². The fraction of sp³-hybridized carbons (Fsp3) is 0.625. The van der Waals surface area contributed by atoms with E-state index < -0.39 is 0 Å². The number of methoxy groups -OCH3 is 2. The second kappa shape index (κ2) is 5.83. The Bertz CT molecular complexity index is 411. The quantitative estimate of drug-likeness (QED) is 0.904. The van der Waals surface area contributed by atoms with Gasteiger partial charge in [0.2, 0.25) is 0 Å². The van der Waals surface area contributed by atoms with E-state index in [4.69, 9.17) is 15.2 Å². The maximum atomic E-state index is 6.77. The van der Waals surface area contributed by atoms with Crippen molar-refractivity contribution in [2.45, 2.75) is 44.6 Å². The minimum Gasteiger partial charge on any atom is -0.497 e. The normalized spacial score (nSPS) is 27.1. The minimum absolute atomic E-state index is 0.241. The average molecular weight is 263 g/mol. The molecule has 3 heteroatoms. The summed E-state index contributed by atoms with van der Waals surface area (Å²) in [5.74, 6) is 2.18. The first-order chi connectivity index (χ1) is 9.13. The molecule has 0 bridgehead atoms. The summed E-state index contributed by atoms with van der Waals surface area (Å²) in [6, 6.07) is 6.03. The van der Waals surface area contributed by atoms with Gasteiger partial charge in [-0.05, 0) is 36.5 Å². The van der Waals surface area contributed by atoms with E-state index in [2.05, 4.69) is 19.1 Å². The summed E-state index contributed by atoms with van der Waals surface area (Å²) < 4.78 is 10.7. The molecule has 0 aliphatic heterocycles. The van der Waals surface area contributed by atoms with E-state index in [1.54, 1.807) is 14.2 Å². The zero-order valence-electron chi connectivity index (χ0n) is 12.2. The molecular weight excluding hydrogens is 238 g/mol. The van der Waals surface area contributed by atoms with Crippen LogP contribution in [0.3, 0.4) is 0 Å². The predicted molar refractivity (Wildman–Crippen MR) is 77.7 cm³/mol. The summed E-state index contributed by atoms with van der Waals surface area (Å²) in [5, 5.41) is 0. The second-order valence-corrected chi connectivity index (χ2v) is 5.49. The molecule has 0 amide bonds. The third kappa shape index (κ3) is 2.71. The molecule has 1 fully saturated rings. The third-order valence-electron chi connectivity index (χ3n) is 4.50. The number of benzene rings is 1. The van der Waals surface area contributed by atoms with Gasteiger partial charge in [0.05, 0.1) is 14.2 Å². The van der Waals surface area contributed by atoms with Crippen molar-refractivity contribution in [3.8, 4) is 11.5 Å². The molecule has 0 spiro atoms. The van der Waals surface area contributed by atoms with Gasteiger partial charge in [-0.25, -0.2) is 0 Å². The molecular formula is C16H25NO2. The summed E-state index contributed by atoms with van der Waals surface area (Å²) in [4.78, 5) is 0. The molecule has 1 aliphatic rings. The van der Waals surface area contributed by atoms with Gasteiger partial charge < -0.3 is 15.2 Å². The van der Waals surface area contributed by atoms with Crippen LogP contribution in [0.5, 0.6) is 11.5 Å². The van der Waals surface area contributed by atoms with E-state index in [1.807, 2.05) is 6.07 Å². The van der Waals surface area contributed by atoms with Gasteiger partial charge in [-0.3, -0.25) is 0 Å². The van der Waals surface area contributed by atoms with Gasteiger partial charge in [0, 0.05) is 11.6 Å². The predicted octanol–water partition coefficient (Wildman–Crippen LogP) is 3.46. The van der Waals surface area contributed by atoms with Gasteiger partial charge in [-0.2, -0.15) is 0 Å². The van der Waals surface area contributed by atoms with E-state index in [-0.39, 0.29) is 5.54 Å². The number of hydrogen-bond acceptors (Lipinski definition) is 3. The molecule has 2 atom stereocenters. The lowest BCUT2D eigenvalue weighted by atomic mass is 9.68. The SMILES string of the molecule is CCC1CCCCC1(N)c1cc(OC)cc(OC)c1. The molecule has 2 rings (SSSR count). The highest BCUT2D eigenvalue weighted by molar-refractivity contribution is 5.42. The van der Waals surface area contributed by atoms with Gasteiger partial charge in [-0.1, -0.05) is 26.2 Å². The number of hydrogen-bond donors (Lipinski definition) is 1. The fourth-order valence-electron chi connectivity index (χ4n) is 3.29. The molecule has 0 radical (unpaired) electrons. The van der Waals surface area contributed by atoms with Crippen molar-refractivity contribution >= 4 is 0 Å². The molecule has 1 aromatic rings. The Hall–Kier alpha value is -1.22. The Morgan fingerprint density at radius 3 is 2.32 bits per heavy atom. The average Bonchev–Trinajstić information content (AvgIpc) is 2.47. The first kappa shape index (κ1) is 14.2. The number of rotatable bonds is 4. The largest absolute Gasteiger partial charge is 0.497 e. The molecule has 0 heterocycles. The summed E-state index contributed by atoms with van der Waals surface area (Å²) in [6.07, 6.45) is 5.87. The van der Waals surface area contributed by atoms with E-state index in [0.717, 1.165) is 29.9 Å². The minimum atomic E-state index is -0.241. The first-order valence-corrected chi connectivity index (χ1v) is 7.16. The van der Waals surface area contributed by atoms with Gasteiger partial charge in [0.1, 0.15) is 11.5 Å². The molecule has 1 aliphatic carbocycles. The van der Waals surface area contributed by atoms with Crippen molar-refractivity contribution in [2.24, 2.45) is 11.7 Å². The van der Waals surface area contributed by atoms with Crippen molar-refractivity contribution in [1.29, 1.82) is 0 Å². The Balaban J connectivity index is 2.42. The second-order valence-electron chi connectivity index (χ2n) is 5.49. The standard InChI is InChI=1S/C16H25NO2/c1-4-12-7-5-6-8-16(12,17)13-9-14(18-2)11-15(10-13)19-3/h9-12H,4-8,17H2,1-3H3. The fourth-order valence-corrected chi connectivity index (χ4v) is 3.29. The molecule has 0 saturated heterocycles. The van der Waals surface area contributed by atoms with Crippen LogP contribution >= 0.6 is 0 Å². The lowest BCUT2D eigenvalue weighted by Gasteiger charge is -2.41. The van der Waals surface area contributed by atoms with E-state index in [9.17, 15) is 0 Å². The Morgan fingerprint density at radius 1 is 1.16 bits per heavy atom. The van der Waals surface area contributed by atoms with Crippen LogP contribution < -0.4 is 15.2 Å². The van der Waals surface area contributed by atoms with Gasteiger partial charge >= 0.3 is 0 Å². The lowest BCUT2D eigenvalue weighted by molar-refractivity contribution is 0.183. The molecule has 1 saturated carbocycles. The Kier molecular flexibility index (Phi) is 4.35. The highest BCUT2D eigenvalue weighted by atomic mass is 16.5. The van der Waals surface area contributed by atoms with Crippen LogP contribution in [0.15, 0.2) is 18.2 Å². The number of nitrogens with two attached hydrogens (primary N) is 1. The van der Waals surface area contributed by atoms with Crippen LogP contribution in [0.2, 0.25) is 0 Å². The number of ether oxygens (including phenoxy) is 2. The molecule has 2 unspecified atom stereocenters. The van der Waals surface area contributed by atoms with Crippen molar-refractivity contribution in [1.82, 2.24) is 0 Å². The smallest absolute Gasteiger partial charge is 0.122 e. The highest BCUT2D eigenvalue weighted by Crippen LogP contribution is 2.43. The van der Waals surface area contributed by atoms with Crippen LogP contribution in [0.25, 0.3) is 0 Å². The third-order valence-corrected chi connectivity index (χ3v) is 4.50. The first-order valence-electron chi connectivity index (χ1n) is 7.16. The van der Waals surface area contributed by atoms with Gasteiger partial charge in [0.25, 0.3) is 0 Å². The van der Waals surface area contributed by atoms with Crippen LogP contribution in [0, 0.1) is 5.92 Å². The van der Waals surface area contributed by atoms with E-state index in [1.165, 1.54) is 19.3 Å². The molecule has 106 valence electrons. The molecule has 3 nitrogen and oxygen atoms in total. The van der Waals surface area contributed by atoms with Gasteiger partial charge in [-0.15, -0.1) is 0 Å². The van der Waals surface area contributed by atoms with Crippen molar-refractivity contribution in [3.63, 3.8) is 0 Å². The molecule has 1 aromatic carbocycles. The summed E-state index contributed by atoms with van der Waals surface area (Å²) in [6.45, 7) is 2.23. The molecule has 0 aromatic heterocycles. The molecule has 19 heavy (non-hydrogen) atoms. The van der Waals surface area contributed by atoms with Crippen molar-refractivity contribution < 1.29 is 9.47 Å². The van der Waals surface area contributed by atoms with Crippen LogP contribution in [0.1, 0.15) is 44.6 Å². The van der Waals surface area contributed by atoms with Crippen LogP contribution in [-0.2, 0) is 5.54 Å². The zero-order valence-corrected chi connectivity index (χ0v) is 12.2. The Labute approximate surface area is 116 Å². The van der Waals surface area contributed by atoms with Crippen molar-refractivity contribution in [2.75, 3.05) is 14.2 Å². The summed E-state index contributed by atoms with van der Waals surface area (Å²) in [5.41, 5.74) is 7.68. The lowest BCUT2D eigenvalue weighted by Crippen LogP contribution is -2.46. The monoisotopic (exact) mass is 263 g/mol. The zero-order chi connectivity index (χ0) is 13.9. The maximum absolute atomic E-state index is 6.77. The topological polar surface area (TPSA) is 44.5 Å².